The first-order chi connectivity index (χ1) is 11.0. The van der Waals surface area contributed by atoms with Gasteiger partial charge >= 0.3 is 0 Å². The number of pyridine rings is 1. The van der Waals surface area contributed by atoms with Gasteiger partial charge in [0.1, 0.15) is 12.5 Å². The van der Waals surface area contributed by atoms with Crippen molar-refractivity contribution in [2.45, 2.75) is 32.4 Å². The number of carbonyl (C=O) groups is 2. The van der Waals surface area contributed by atoms with Crippen LogP contribution in [0, 0.1) is 0 Å². The second kappa shape index (κ2) is 7.45. The fourth-order valence-corrected chi connectivity index (χ4v) is 2.04. The molecule has 0 aliphatic heterocycles. The maximum Gasteiger partial charge on any atom is 0.239 e. The molecule has 2 rings (SSSR count). The number of rotatable bonds is 7. The highest BCUT2D eigenvalue weighted by molar-refractivity contribution is 5.75. The van der Waals surface area contributed by atoms with Crippen LogP contribution in [-0.2, 0) is 29.0 Å². The summed E-state index contributed by atoms with van der Waals surface area (Å²) in [6.45, 7) is 1.71. The fourth-order valence-electron chi connectivity index (χ4n) is 2.04. The van der Waals surface area contributed by atoms with Crippen molar-refractivity contribution in [2.75, 3.05) is 0 Å². The molecule has 2 amide bonds. The topological polar surface area (TPSA) is 150 Å². The van der Waals surface area contributed by atoms with Crippen LogP contribution in [-0.4, -0.2) is 27.0 Å². The number of nitrogens with zero attached hydrogens (tertiary/aromatic N) is 3. The Morgan fingerprint density at radius 1 is 1.30 bits per heavy atom. The third kappa shape index (κ3) is 4.85. The molecule has 5 N–H and O–H groups in total. The van der Waals surface area contributed by atoms with Crippen LogP contribution < -0.4 is 16.8 Å². The Kier molecular flexibility index (Phi) is 5.36. The number of carbonyl (C=O) groups excluding carboxylic acids is 2. The predicted octanol–water partition coefficient (Wildman–Crippen LogP) is -0.629. The van der Waals surface area contributed by atoms with E-state index < -0.39 is 11.9 Å². The number of hydrogen-bond acceptors (Lipinski definition) is 7. The van der Waals surface area contributed by atoms with Crippen molar-refractivity contribution in [3.63, 3.8) is 0 Å². The second-order valence-corrected chi connectivity index (χ2v) is 4.96. The molecular weight excluding hydrogens is 300 g/mol. The summed E-state index contributed by atoms with van der Waals surface area (Å²) in [4.78, 5) is 26.7. The lowest BCUT2D eigenvalue weighted by molar-refractivity contribution is -0.120. The molecule has 0 unspecified atom stereocenters. The molecule has 0 bridgehead atoms. The van der Waals surface area contributed by atoms with E-state index in [0.29, 0.717) is 13.0 Å². The van der Waals surface area contributed by atoms with E-state index in [4.69, 9.17) is 15.9 Å². The molecule has 0 radical (unpaired) electrons. The van der Waals surface area contributed by atoms with Gasteiger partial charge in [-0.15, -0.1) is 10.2 Å². The summed E-state index contributed by atoms with van der Waals surface area (Å²) in [6.07, 6.45) is 0.201. The highest BCUT2D eigenvalue weighted by Gasteiger charge is 2.21. The van der Waals surface area contributed by atoms with Crippen molar-refractivity contribution >= 4 is 11.8 Å². The molecule has 122 valence electrons. The molecule has 0 saturated heterocycles. The smallest absolute Gasteiger partial charge is 0.239 e. The summed E-state index contributed by atoms with van der Waals surface area (Å²) in [6, 6.07) is 4.91. The summed E-state index contributed by atoms with van der Waals surface area (Å²) < 4.78 is 5.40. The first kappa shape index (κ1) is 16.6. The highest BCUT2D eigenvalue weighted by Crippen LogP contribution is 2.17. The molecular formula is C14H18N6O3. The van der Waals surface area contributed by atoms with Crippen molar-refractivity contribution in [3.05, 3.63) is 41.4 Å². The summed E-state index contributed by atoms with van der Waals surface area (Å²) in [5, 5.41) is 10.3. The Morgan fingerprint density at radius 3 is 2.70 bits per heavy atom. The number of nitrogens with two attached hydrogens (primary N) is 2. The number of hydrogen-bond donors (Lipinski definition) is 3. The van der Waals surface area contributed by atoms with Crippen LogP contribution in [0.2, 0.25) is 0 Å². The van der Waals surface area contributed by atoms with E-state index in [1.807, 2.05) is 18.2 Å². The zero-order chi connectivity index (χ0) is 16.8. The average Bonchev–Trinajstić information content (AvgIpc) is 2.94. The molecule has 0 aliphatic carbocycles. The number of aromatic nitrogens is 3. The molecule has 0 aromatic carbocycles. The molecule has 1 atom stereocenters. The minimum absolute atomic E-state index is 0.103. The molecule has 2 heterocycles. The van der Waals surface area contributed by atoms with E-state index in [1.54, 1.807) is 0 Å². The minimum atomic E-state index is -0.575. The van der Waals surface area contributed by atoms with E-state index in [1.165, 1.54) is 6.92 Å². The van der Waals surface area contributed by atoms with Gasteiger partial charge in [-0.1, -0.05) is 6.07 Å². The van der Waals surface area contributed by atoms with Gasteiger partial charge in [0.25, 0.3) is 0 Å². The van der Waals surface area contributed by atoms with Crippen molar-refractivity contribution in [1.82, 2.24) is 20.5 Å². The van der Waals surface area contributed by atoms with Crippen LogP contribution in [0.4, 0.5) is 0 Å². The van der Waals surface area contributed by atoms with Crippen molar-refractivity contribution in [2.24, 2.45) is 11.5 Å². The quantitative estimate of drug-likeness (QED) is 0.615. The Balaban J connectivity index is 2.20. The summed E-state index contributed by atoms with van der Waals surface area (Å²) >= 11 is 0. The van der Waals surface area contributed by atoms with Crippen molar-refractivity contribution in [3.8, 4) is 0 Å². The van der Waals surface area contributed by atoms with Gasteiger partial charge in [0.15, 0.2) is 0 Å². The number of amides is 2. The van der Waals surface area contributed by atoms with Gasteiger partial charge in [0.2, 0.25) is 23.6 Å². The molecule has 9 heteroatoms. The number of primary amides is 1. The Labute approximate surface area is 132 Å². The first-order valence-electron chi connectivity index (χ1n) is 7.00. The SMILES string of the molecule is CC(=O)N[C@@H](Cc1cccc(CN)n1)c1nnc(CC(N)=O)o1. The average molecular weight is 318 g/mol. The van der Waals surface area contributed by atoms with Gasteiger partial charge in [-0.2, -0.15) is 0 Å². The lowest BCUT2D eigenvalue weighted by atomic mass is 10.1. The Hall–Kier alpha value is -2.81. The summed E-state index contributed by atoms with van der Waals surface area (Å²) in [5.41, 5.74) is 12.1. The van der Waals surface area contributed by atoms with Crippen LogP contribution in [0.5, 0.6) is 0 Å². The van der Waals surface area contributed by atoms with E-state index in [2.05, 4.69) is 20.5 Å². The van der Waals surface area contributed by atoms with Gasteiger partial charge in [-0.3, -0.25) is 14.6 Å². The van der Waals surface area contributed by atoms with Crippen LogP contribution in [0.15, 0.2) is 22.6 Å². The summed E-state index contributed by atoms with van der Waals surface area (Å²) in [5.74, 6) is -0.531. The van der Waals surface area contributed by atoms with Gasteiger partial charge in [0, 0.05) is 25.6 Å². The molecule has 0 aliphatic rings. The van der Waals surface area contributed by atoms with Crippen molar-refractivity contribution < 1.29 is 14.0 Å². The van der Waals surface area contributed by atoms with Crippen LogP contribution >= 0.6 is 0 Å². The maximum atomic E-state index is 11.4. The van der Waals surface area contributed by atoms with Crippen molar-refractivity contribution in [1.29, 1.82) is 0 Å². The first-order valence-corrected chi connectivity index (χ1v) is 7.00. The van der Waals surface area contributed by atoms with Gasteiger partial charge in [-0.25, -0.2) is 0 Å². The zero-order valence-corrected chi connectivity index (χ0v) is 12.7. The standard InChI is InChI=1S/C14H18N6O3/c1-8(21)17-11(5-9-3-2-4-10(7-15)18-9)14-20-19-13(23-14)6-12(16)22/h2-4,11H,5-7,15H2,1H3,(H2,16,22)(H,17,21)/t11-/m0/s1. The second-order valence-electron chi connectivity index (χ2n) is 4.96. The lowest BCUT2D eigenvalue weighted by Gasteiger charge is -2.14. The Bertz CT molecular complexity index is 699. The number of nitrogens with one attached hydrogen (secondary N) is 1. The zero-order valence-electron chi connectivity index (χ0n) is 12.7. The highest BCUT2D eigenvalue weighted by atomic mass is 16.4. The molecule has 0 spiro atoms. The minimum Gasteiger partial charge on any atom is -0.422 e. The molecule has 0 fully saturated rings. The van der Waals surface area contributed by atoms with E-state index in [9.17, 15) is 9.59 Å². The van der Waals surface area contributed by atoms with Crippen LogP contribution in [0.3, 0.4) is 0 Å². The lowest BCUT2D eigenvalue weighted by Crippen LogP contribution is -2.28. The Morgan fingerprint density at radius 2 is 2.04 bits per heavy atom. The molecule has 0 saturated carbocycles. The van der Waals surface area contributed by atoms with Gasteiger partial charge in [0.05, 0.1) is 5.69 Å². The van der Waals surface area contributed by atoms with E-state index in [0.717, 1.165) is 11.4 Å². The predicted molar refractivity (Wildman–Crippen MR) is 79.6 cm³/mol. The monoisotopic (exact) mass is 318 g/mol. The van der Waals surface area contributed by atoms with E-state index >= 15 is 0 Å². The molecule has 2 aromatic heterocycles. The van der Waals surface area contributed by atoms with Gasteiger partial charge in [-0.05, 0) is 12.1 Å². The van der Waals surface area contributed by atoms with E-state index in [-0.39, 0.29) is 24.1 Å². The third-order valence-corrected chi connectivity index (χ3v) is 2.97. The third-order valence-electron chi connectivity index (χ3n) is 2.97. The molecule has 9 nitrogen and oxygen atoms in total. The largest absolute Gasteiger partial charge is 0.422 e. The molecule has 2 aromatic rings. The summed E-state index contributed by atoms with van der Waals surface area (Å²) in [7, 11) is 0. The van der Waals surface area contributed by atoms with Crippen LogP contribution in [0.1, 0.15) is 36.1 Å². The van der Waals surface area contributed by atoms with Gasteiger partial charge < -0.3 is 21.2 Å². The van der Waals surface area contributed by atoms with Crippen LogP contribution in [0.25, 0.3) is 0 Å². The fraction of sp³-hybridized carbons (Fsp3) is 0.357. The normalized spacial score (nSPS) is 11.9. The maximum absolute atomic E-state index is 11.4. The molecule has 23 heavy (non-hydrogen) atoms.